The average Bonchev–Trinajstić information content (AvgIpc) is 3.15. The Morgan fingerprint density at radius 1 is 1.21 bits per heavy atom. The molecule has 8 nitrogen and oxygen atoms in total. The fourth-order valence-corrected chi connectivity index (χ4v) is 3.88. The topological polar surface area (TPSA) is 108 Å². The molecular weight excluding hydrogens is 426 g/mol. The van der Waals surface area contributed by atoms with Gasteiger partial charge in [0.1, 0.15) is 14.1 Å². The van der Waals surface area contributed by atoms with Gasteiger partial charge in [0.2, 0.25) is 11.8 Å². The summed E-state index contributed by atoms with van der Waals surface area (Å²) in [5, 5.41) is 8.04. The number of hydrogen-bond donors (Lipinski definition) is 3. The normalized spacial score (nSPS) is 14.3. The minimum Gasteiger partial charge on any atom is -0.381 e. The minimum absolute atomic E-state index is 0.0130. The molecule has 0 bridgehead atoms. The number of aldehydes is 1. The van der Waals surface area contributed by atoms with E-state index < -0.39 is 23.1 Å². The molecule has 3 amide bonds. The zero-order chi connectivity index (χ0) is 24.2. The second-order valence-corrected chi connectivity index (χ2v) is 7.75. The average molecular weight is 450 g/mol. The maximum atomic E-state index is 14.7. The van der Waals surface area contributed by atoms with E-state index in [0.29, 0.717) is 28.7 Å². The smallest absolute Gasteiger partial charge is 0.254 e. The number of carbonyl (C=O) groups excluding carboxylic acids is 4. The summed E-state index contributed by atoms with van der Waals surface area (Å²) in [6.07, 6.45) is 0.633. The fraction of sp³-hybridized carbons (Fsp3) is 0.304. The third-order valence-corrected chi connectivity index (χ3v) is 5.57. The van der Waals surface area contributed by atoms with Crippen LogP contribution in [0.5, 0.6) is 0 Å². The molecule has 33 heavy (non-hydrogen) atoms. The van der Waals surface area contributed by atoms with Gasteiger partial charge in [-0.3, -0.25) is 14.4 Å². The zero-order valence-electron chi connectivity index (χ0n) is 18.4. The molecule has 0 saturated heterocycles. The van der Waals surface area contributed by atoms with E-state index in [1.54, 1.807) is 30.3 Å². The number of rotatable bonds is 9. The molecule has 3 N–H and O–H groups in total. The highest BCUT2D eigenvalue weighted by Crippen LogP contribution is 2.35. The van der Waals surface area contributed by atoms with Gasteiger partial charge in [0.25, 0.3) is 5.91 Å². The van der Waals surface area contributed by atoms with Gasteiger partial charge in [-0.1, -0.05) is 18.2 Å². The largest absolute Gasteiger partial charge is 0.381 e. The molecule has 170 valence electrons. The zero-order valence-corrected chi connectivity index (χ0v) is 18.4. The lowest BCUT2D eigenvalue weighted by molar-refractivity contribution is -0.127. The number of amides is 3. The van der Waals surface area contributed by atoms with Gasteiger partial charge >= 0.3 is 0 Å². The first-order valence-corrected chi connectivity index (χ1v) is 10.4. The number of fused-ring (bicyclic) bond motifs is 1. The van der Waals surface area contributed by atoms with Gasteiger partial charge in [-0.05, 0) is 24.6 Å². The first-order valence-electron chi connectivity index (χ1n) is 10.4. The number of carbonyl (C=O) groups is 4. The van der Waals surface area contributed by atoms with Crippen LogP contribution in [0.2, 0.25) is 0 Å². The van der Waals surface area contributed by atoms with Crippen LogP contribution in [0.3, 0.4) is 0 Å². The molecule has 0 aromatic heterocycles. The summed E-state index contributed by atoms with van der Waals surface area (Å²) in [5.41, 5.74) is 0.284. The van der Waals surface area contributed by atoms with Crippen LogP contribution in [0.15, 0.2) is 36.4 Å². The van der Waals surface area contributed by atoms with E-state index in [-0.39, 0.29) is 37.5 Å². The summed E-state index contributed by atoms with van der Waals surface area (Å²) < 4.78 is 14.7. The summed E-state index contributed by atoms with van der Waals surface area (Å²) in [5.74, 6) is -1.93. The monoisotopic (exact) mass is 450 g/mol. The lowest BCUT2D eigenvalue weighted by atomic mass is 9.71. The number of nitrogens with one attached hydrogen (secondary N) is 3. The van der Waals surface area contributed by atoms with Crippen LogP contribution in [-0.4, -0.2) is 49.2 Å². The number of anilines is 2. The predicted octanol–water partition coefficient (Wildman–Crippen LogP) is 1.94. The summed E-state index contributed by atoms with van der Waals surface area (Å²) in [7, 11) is 7.75. The van der Waals surface area contributed by atoms with Crippen LogP contribution in [0, 0.1) is 5.82 Å². The molecule has 0 aliphatic carbocycles. The highest BCUT2D eigenvalue weighted by atomic mass is 19.1. The van der Waals surface area contributed by atoms with Gasteiger partial charge in [0.15, 0.2) is 5.82 Å². The van der Waals surface area contributed by atoms with Gasteiger partial charge in [-0.2, -0.15) is 0 Å². The summed E-state index contributed by atoms with van der Waals surface area (Å²) >= 11 is 0. The summed E-state index contributed by atoms with van der Waals surface area (Å²) in [4.78, 5) is 49.1. The quantitative estimate of drug-likeness (QED) is 0.400. The van der Waals surface area contributed by atoms with E-state index in [0.717, 1.165) is 0 Å². The van der Waals surface area contributed by atoms with Crippen molar-refractivity contribution in [1.82, 2.24) is 10.2 Å². The van der Waals surface area contributed by atoms with Crippen LogP contribution in [0.4, 0.5) is 15.8 Å². The molecule has 1 aliphatic heterocycles. The Kier molecular flexibility index (Phi) is 7.15. The summed E-state index contributed by atoms with van der Waals surface area (Å²) in [6, 6.07) is 9.74. The Hall–Kier alpha value is -3.69. The van der Waals surface area contributed by atoms with Crippen molar-refractivity contribution in [3.63, 3.8) is 0 Å². The Morgan fingerprint density at radius 3 is 2.58 bits per heavy atom. The van der Waals surface area contributed by atoms with Gasteiger partial charge in [0, 0.05) is 55.9 Å². The molecule has 1 aliphatic rings. The molecule has 2 aromatic carbocycles. The van der Waals surface area contributed by atoms with Crippen LogP contribution in [0.25, 0.3) is 0 Å². The molecule has 0 saturated carbocycles. The SMILES string of the molecule is [B]C(CCC=O)(C(=O)NC)N1Cc2c(NCc3cccc(NC(C)=O)c3F)cccc2C1=O. The van der Waals surface area contributed by atoms with Crippen molar-refractivity contribution in [2.75, 3.05) is 17.7 Å². The highest BCUT2D eigenvalue weighted by molar-refractivity contribution is 6.30. The van der Waals surface area contributed by atoms with Crippen molar-refractivity contribution in [1.29, 1.82) is 0 Å². The molecule has 10 heteroatoms. The van der Waals surface area contributed by atoms with Crippen molar-refractivity contribution in [2.24, 2.45) is 0 Å². The molecule has 2 aromatic rings. The maximum Gasteiger partial charge on any atom is 0.254 e. The lowest BCUT2D eigenvalue weighted by Crippen LogP contribution is -2.59. The first-order chi connectivity index (χ1) is 15.7. The van der Waals surface area contributed by atoms with E-state index in [4.69, 9.17) is 7.85 Å². The molecule has 0 spiro atoms. The van der Waals surface area contributed by atoms with E-state index in [1.165, 1.54) is 24.9 Å². The predicted molar refractivity (Wildman–Crippen MR) is 122 cm³/mol. The number of benzene rings is 2. The van der Waals surface area contributed by atoms with Gasteiger partial charge < -0.3 is 25.6 Å². The van der Waals surface area contributed by atoms with Crippen LogP contribution >= 0.6 is 0 Å². The molecule has 2 radical (unpaired) electrons. The lowest BCUT2D eigenvalue weighted by Gasteiger charge is -2.37. The Bertz CT molecular complexity index is 1110. The van der Waals surface area contributed by atoms with Crippen LogP contribution in [0.1, 0.15) is 41.3 Å². The van der Waals surface area contributed by atoms with Crippen LogP contribution < -0.4 is 16.0 Å². The van der Waals surface area contributed by atoms with Crippen molar-refractivity contribution < 1.29 is 23.6 Å². The molecule has 1 unspecified atom stereocenters. The van der Waals surface area contributed by atoms with Gasteiger partial charge in [0.05, 0.1) is 11.1 Å². The van der Waals surface area contributed by atoms with Crippen molar-refractivity contribution in [3.8, 4) is 0 Å². The fourth-order valence-electron chi connectivity index (χ4n) is 3.88. The third-order valence-electron chi connectivity index (χ3n) is 5.57. The third kappa shape index (κ3) is 4.74. The number of hydrogen-bond acceptors (Lipinski definition) is 5. The van der Waals surface area contributed by atoms with Crippen molar-refractivity contribution in [3.05, 3.63) is 58.9 Å². The summed E-state index contributed by atoms with van der Waals surface area (Å²) in [6.45, 7) is 1.44. The number of nitrogens with zero attached hydrogens (tertiary/aromatic N) is 1. The standard InChI is InChI=1S/C23H24BFN4O4/c1-14(31)28-19-9-3-6-15(20(19)25)12-27-18-8-4-7-16-17(18)13-29(21(16)32)23(24,10-5-11-30)22(33)26-2/h3-4,6-9,11,27H,5,10,12-13H2,1-2H3,(H,26,33)(H,28,31). The highest BCUT2D eigenvalue weighted by Gasteiger charge is 2.45. The maximum absolute atomic E-state index is 14.7. The second kappa shape index (κ2) is 9.85. The van der Waals surface area contributed by atoms with E-state index >= 15 is 0 Å². The van der Waals surface area contributed by atoms with Crippen molar-refractivity contribution in [2.45, 2.75) is 38.3 Å². The molecule has 3 rings (SSSR count). The van der Waals surface area contributed by atoms with Gasteiger partial charge in [-0.15, -0.1) is 0 Å². The molecule has 1 heterocycles. The molecule has 1 atom stereocenters. The van der Waals surface area contributed by atoms with E-state index in [1.807, 2.05) is 0 Å². The first kappa shape index (κ1) is 24.0. The van der Waals surface area contributed by atoms with Crippen molar-refractivity contribution >= 4 is 43.2 Å². The van der Waals surface area contributed by atoms with Crippen LogP contribution in [-0.2, 0) is 27.5 Å². The Labute approximate surface area is 192 Å². The number of halogens is 1. The molecular formula is C23H24BFN4O4. The Morgan fingerprint density at radius 2 is 1.91 bits per heavy atom. The second-order valence-electron chi connectivity index (χ2n) is 7.75. The van der Waals surface area contributed by atoms with Gasteiger partial charge in [-0.25, -0.2) is 4.39 Å². The van der Waals surface area contributed by atoms with E-state index in [2.05, 4.69) is 16.0 Å². The Balaban J connectivity index is 1.86. The minimum atomic E-state index is -1.69. The number of likely N-dealkylation sites (N-methyl/N-ethyl adjacent to an activating group) is 1. The van der Waals surface area contributed by atoms with E-state index in [9.17, 15) is 23.6 Å². The molecule has 0 fully saturated rings.